The Morgan fingerprint density at radius 3 is 1.87 bits per heavy atom. The van der Waals surface area contributed by atoms with Gasteiger partial charge in [0.1, 0.15) is 24.2 Å². The fourth-order valence-electron chi connectivity index (χ4n) is 4.62. The van der Waals surface area contributed by atoms with Crippen LogP contribution < -0.4 is 27.0 Å². The first-order chi connectivity index (χ1) is 21.5. The molecule has 16 heteroatoms. The zero-order valence-electron chi connectivity index (χ0n) is 26.0. The third-order valence-electron chi connectivity index (χ3n) is 7.23. The Labute approximate surface area is 264 Å². The van der Waals surface area contributed by atoms with Crippen LogP contribution in [0.25, 0.3) is 10.9 Å². The van der Waals surface area contributed by atoms with Crippen molar-refractivity contribution in [3.8, 4) is 0 Å². The molecule has 2 rings (SSSR count). The Hall–Kier alpha value is -4.99. The molecule has 1 heterocycles. The molecule has 0 aliphatic rings. The van der Waals surface area contributed by atoms with E-state index in [9.17, 15) is 43.8 Å². The number of benzene rings is 1. The fraction of sp³-hybridized carbons (Fsp3) is 0.500. The van der Waals surface area contributed by atoms with Gasteiger partial charge in [-0.05, 0) is 29.9 Å². The lowest BCUT2D eigenvalue weighted by molar-refractivity contribution is -0.144. The molecule has 16 nitrogen and oxygen atoms in total. The molecule has 5 atom stereocenters. The van der Waals surface area contributed by atoms with E-state index in [4.69, 9.17) is 10.8 Å². The van der Waals surface area contributed by atoms with Gasteiger partial charge in [-0.15, -0.1) is 0 Å². The number of para-hydroxylation sites is 1. The normalized spacial score (nSPS) is 14.5. The molecule has 1 aromatic heterocycles. The van der Waals surface area contributed by atoms with Crippen LogP contribution in [0.2, 0.25) is 0 Å². The van der Waals surface area contributed by atoms with Crippen LogP contribution in [0, 0.1) is 11.8 Å². The molecule has 46 heavy (non-hydrogen) atoms. The standard InChI is InChI=1S/C30H42N6O10/c1-14(2)24(29(44)34-21(12-23(39)40)28(43)36-25(15(3)4)30(45)46)35-27(42)20(33-26(41)18(31)9-10-22(37)38)11-16-13-32-19-8-6-5-7-17(16)19/h5-8,13-15,18,20-21,24-25,32H,9-12,31H2,1-4H3,(H,33,41)(H,34,44)(H,35,42)(H,36,43)(H,37,38)(H,39,40)(H,45,46)/t18-,20-,21-,24-,25-/m0/s1. The van der Waals surface area contributed by atoms with E-state index in [0.29, 0.717) is 5.56 Å². The van der Waals surface area contributed by atoms with E-state index in [0.717, 1.165) is 10.9 Å². The summed E-state index contributed by atoms with van der Waals surface area (Å²) in [6.07, 6.45) is 0.180. The summed E-state index contributed by atoms with van der Waals surface area (Å²) in [5, 5.41) is 38.1. The van der Waals surface area contributed by atoms with Crippen LogP contribution in [-0.2, 0) is 40.0 Å². The summed E-state index contributed by atoms with van der Waals surface area (Å²) >= 11 is 0. The molecule has 1 aromatic carbocycles. The molecule has 10 N–H and O–H groups in total. The molecule has 0 spiro atoms. The van der Waals surface area contributed by atoms with Crippen molar-refractivity contribution in [3.63, 3.8) is 0 Å². The van der Waals surface area contributed by atoms with E-state index in [2.05, 4.69) is 26.3 Å². The van der Waals surface area contributed by atoms with Gasteiger partial charge in [0.2, 0.25) is 23.6 Å². The minimum Gasteiger partial charge on any atom is -0.481 e. The first-order valence-corrected chi connectivity index (χ1v) is 14.7. The third-order valence-corrected chi connectivity index (χ3v) is 7.23. The van der Waals surface area contributed by atoms with Crippen molar-refractivity contribution in [1.29, 1.82) is 0 Å². The zero-order chi connectivity index (χ0) is 34.7. The Morgan fingerprint density at radius 1 is 0.739 bits per heavy atom. The smallest absolute Gasteiger partial charge is 0.326 e. The van der Waals surface area contributed by atoms with Crippen LogP contribution in [0.4, 0.5) is 0 Å². The Balaban J connectivity index is 2.32. The monoisotopic (exact) mass is 646 g/mol. The van der Waals surface area contributed by atoms with E-state index in [1.165, 1.54) is 0 Å². The maximum Gasteiger partial charge on any atom is 0.326 e. The van der Waals surface area contributed by atoms with Gasteiger partial charge in [-0.2, -0.15) is 0 Å². The summed E-state index contributed by atoms with van der Waals surface area (Å²) in [5.74, 6) is -8.63. The SMILES string of the molecule is CC(C)[C@H](NC(=O)[C@H](CC(=O)O)NC(=O)[C@@H](NC(=O)[C@H](Cc1c[nH]c2ccccc12)NC(=O)[C@@H](N)CCC(=O)O)C(C)C)C(=O)O. The third kappa shape index (κ3) is 10.9. The van der Waals surface area contributed by atoms with Crippen LogP contribution in [0.15, 0.2) is 30.5 Å². The van der Waals surface area contributed by atoms with Crippen LogP contribution in [0.5, 0.6) is 0 Å². The van der Waals surface area contributed by atoms with Crippen molar-refractivity contribution in [2.24, 2.45) is 17.6 Å². The number of amides is 4. The summed E-state index contributed by atoms with van der Waals surface area (Å²) in [4.78, 5) is 89.9. The molecule has 4 amide bonds. The molecule has 0 saturated carbocycles. The molecule has 0 bridgehead atoms. The number of hydrogen-bond donors (Lipinski definition) is 9. The average Bonchev–Trinajstić information content (AvgIpc) is 3.38. The summed E-state index contributed by atoms with van der Waals surface area (Å²) in [6, 6.07) is 0.364. The number of carbonyl (C=O) groups excluding carboxylic acids is 4. The van der Waals surface area contributed by atoms with Crippen molar-refractivity contribution in [2.45, 2.75) is 83.6 Å². The highest BCUT2D eigenvalue weighted by Gasteiger charge is 2.34. The van der Waals surface area contributed by atoms with Crippen molar-refractivity contribution in [1.82, 2.24) is 26.3 Å². The molecule has 2 aromatic rings. The number of rotatable bonds is 18. The highest BCUT2D eigenvalue weighted by Crippen LogP contribution is 2.19. The molecule has 252 valence electrons. The number of aromatic amines is 1. The number of nitrogens with one attached hydrogen (secondary N) is 5. The molecule has 0 saturated heterocycles. The molecule has 0 radical (unpaired) electrons. The largest absolute Gasteiger partial charge is 0.481 e. The number of carbonyl (C=O) groups is 7. The van der Waals surface area contributed by atoms with E-state index < -0.39 is 90.0 Å². The first kappa shape index (κ1) is 37.2. The number of nitrogens with two attached hydrogens (primary N) is 1. The number of aliphatic carboxylic acids is 3. The number of aromatic nitrogens is 1. The van der Waals surface area contributed by atoms with Gasteiger partial charge in [-0.25, -0.2) is 4.79 Å². The lowest BCUT2D eigenvalue weighted by atomic mass is 9.99. The summed E-state index contributed by atoms with van der Waals surface area (Å²) in [5.41, 5.74) is 7.29. The lowest BCUT2D eigenvalue weighted by Crippen LogP contribution is -2.60. The maximum absolute atomic E-state index is 13.7. The quantitative estimate of drug-likeness (QED) is 0.102. The van der Waals surface area contributed by atoms with Gasteiger partial charge in [0, 0.05) is 29.9 Å². The number of carboxylic acid groups (broad SMARTS) is 3. The summed E-state index contributed by atoms with van der Waals surface area (Å²) in [7, 11) is 0. The highest BCUT2D eigenvalue weighted by molar-refractivity contribution is 5.97. The van der Waals surface area contributed by atoms with Gasteiger partial charge in [-0.1, -0.05) is 45.9 Å². The predicted octanol–water partition coefficient (Wildman–Crippen LogP) is -0.287. The summed E-state index contributed by atoms with van der Waals surface area (Å²) < 4.78 is 0. The predicted molar refractivity (Wildman–Crippen MR) is 164 cm³/mol. The van der Waals surface area contributed by atoms with Gasteiger partial charge >= 0.3 is 17.9 Å². The van der Waals surface area contributed by atoms with Gasteiger partial charge in [-0.3, -0.25) is 28.8 Å². The van der Waals surface area contributed by atoms with Crippen LogP contribution >= 0.6 is 0 Å². The topological polar surface area (TPSA) is 270 Å². The first-order valence-electron chi connectivity index (χ1n) is 14.7. The van der Waals surface area contributed by atoms with Crippen LogP contribution in [0.1, 0.15) is 52.5 Å². The lowest BCUT2D eigenvalue weighted by Gasteiger charge is -2.28. The second kappa shape index (κ2) is 16.9. The molecule has 0 unspecified atom stereocenters. The van der Waals surface area contributed by atoms with Crippen LogP contribution in [0.3, 0.4) is 0 Å². The Morgan fingerprint density at radius 2 is 1.30 bits per heavy atom. The summed E-state index contributed by atoms with van der Waals surface area (Å²) in [6.45, 7) is 6.26. The van der Waals surface area contributed by atoms with Gasteiger partial charge in [0.25, 0.3) is 0 Å². The minimum atomic E-state index is -1.67. The molecule has 0 aliphatic heterocycles. The molecule has 0 aliphatic carbocycles. The highest BCUT2D eigenvalue weighted by atomic mass is 16.4. The van der Waals surface area contributed by atoms with E-state index in [1.54, 1.807) is 40.0 Å². The number of carboxylic acids is 3. The Kier molecular flexibility index (Phi) is 13.7. The number of hydrogen-bond acceptors (Lipinski definition) is 8. The van der Waals surface area contributed by atoms with Gasteiger partial charge < -0.3 is 47.3 Å². The molecular weight excluding hydrogens is 604 g/mol. The van der Waals surface area contributed by atoms with Crippen molar-refractivity contribution in [3.05, 3.63) is 36.0 Å². The Bertz CT molecular complexity index is 1440. The van der Waals surface area contributed by atoms with Crippen molar-refractivity contribution < 1.29 is 48.9 Å². The second-order valence-electron chi connectivity index (χ2n) is 11.6. The second-order valence-corrected chi connectivity index (χ2v) is 11.6. The van der Waals surface area contributed by atoms with E-state index >= 15 is 0 Å². The number of fused-ring (bicyclic) bond motifs is 1. The van der Waals surface area contributed by atoms with Gasteiger partial charge in [0.05, 0.1) is 12.5 Å². The van der Waals surface area contributed by atoms with E-state index in [-0.39, 0.29) is 19.3 Å². The molecule has 0 fully saturated rings. The van der Waals surface area contributed by atoms with E-state index in [1.807, 2.05) is 18.2 Å². The molecular formula is C30H42N6O10. The average molecular weight is 647 g/mol. The van der Waals surface area contributed by atoms with Crippen molar-refractivity contribution in [2.75, 3.05) is 0 Å². The van der Waals surface area contributed by atoms with Crippen LogP contribution in [-0.4, -0.2) is 92.0 Å². The van der Waals surface area contributed by atoms with Crippen molar-refractivity contribution >= 4 is 52.4 Å². The maximum atomic E-state index is 13.7. The van der Waals surface area contributed by atoms with Gasteiger partial charge in [0.15, 0.2) is 0 Å². The minimum absolute atomic E-state index is 0.0461. The zero-order valence-corrected chi connectivity index (χ0v) is 26.0. The fourth-order valence-corrected chi connectivity index (χ4v) is 4.62. The number of H-pyrrole nitrogens is 1.